The summed E-state index contributed by atoms with van der Waals surface area (Å²) in [5, 5.41) is 8.61. The molecule has 0 aliphatic rings. The summed E-state index contributed by atoms with van der Waals surface area (Å²) in [5.74, 6) is -0.527. The molecular formula is C15H19N5O4S2. The second kappa shape index (κ2) is 7.16. The summed E-state index contributed by atoms with van der Waals surface area (Å²) in [6.45, 7) is 2.00. The van der Waals surface area contributed by atoms with E-state index in [-0.39, 0.29) is 6.54 Å². The second-order valence-corrected chi connectivity index (χ2v) is 9.86. The highest BCUT2D eigenvalue weighted by Gasteiger charge is 2.29. The first-order valence-electron chi connectivity index (χ1n) is 7.44. The SMILES string of the molecule is Cc1ccc(CN(C)S(=O)(=O)c2cn(S(=O)(=O)N(C)C)c(C#N)n2)cc1. The zero-order valence-electron chi connectivity index (χ0n) is 14.8. The minimum Gasteiger partial charge on any atom is -0.205 e. The molecule has 26 heavy (non-hydrogen) atoms. The normalized spacial score (nSPS) is 12.5. The van der Waals surface area contributed by atoms with Gasteiger partial charge in [-0.05, 0) is 12.5 Å². The Morgan fingerprint density at radius 2 is 1.69 bits per heavy atom. The summed E-state index contributed by atoms with van der Waals surface area (Å²) < 4.78 is 52.4. The molecule has 0 aliphatic heterocycles. The fraction of sp³-hybridized carbons (Fsp3) is 0.333. The number of sulfonamides is 1. The van der Waals surface area contributed by atoms with Gasteiger partial charge in [-0.25, -0.2) is 17.4 Å². The van der Waals surface area contributed by atoms with Crippen molar-refractivity contribution >= 4 is 20.2 Å². The Labute approximate surface area is 153 Å². The molecule has 0 spiro atoms. The fourth-order valence-corrected chi connectivity index (χ4v) is 4.12. The molecule has 1 heterocycles. The number of aromatic nitrogens is 2. The molecular weight excluding hydrogens is 378 g/mol. The third-order valence-electron chi connectivity index (χ3n) is 3.66. The lowest BCUT2D eigenvalue weighted by molar-refractivity contribution is 0.464. The van der Waals surface area contributed by atoms with Crippen LogP contribution in [-0.2, 0) is 26.8 Å². The number of aryl methyl sites for hydroxylation is 1. The largest absolute Gasteiger partial charge is 0.309 e. The number of imidazole rings is 1. The molecule has 0 saturated heterocycles. The lowest BCUT2D eigenvalue weighted by Crippen LogP contribution is -2.29. The summed E-state index contributed by atoms with van der Waals surface area (Å²) in [6, 6.07) is 8.94. The maximum absolute atomic E-state index is 12.7. The van der Waals surface area contributed by atoms with Crippen LogP contribution in [0.5, 0.6) is 0 Å². The third-order valence-corrected chi connectivity index (χ3v) is 7.04. The van der Waals surface area contributed by atoms with E-state index in [0.717, 1.165) is 25.9 Å². The van der Waals surface area contributed by atoms with E-state index in [9.17, 15) is 16.8 Å². The van der Waals surface area contributed by atoms with Gasteiger partial charge in [0.2, 0.25) is 5.82 Å². The van der Waals surface area contributed by atoms with E-state index in [1.807, 2.05) is 19.1 Å². The molecule has 0 radical (unpaired) electrons. The summed E-state index contributed by atoms with van der Waals surface area (Å²) in [7, 11) is -4.24. The summed E-state index contributed by atoms with van der Waals surface area (Å²) in [6.07, 6.45) is 0.842. The zero-order valence-corrected chi connectivity index (χ0v) is 16.4. The topological polar surface area (TPSA) is 116 Å². The molecule has 1 aromatic carbocycles. The van der Waals surface area contributed by atoms with Gasteiger partial charge in [-0.3, -0.25) is 0 Å². The summed E-state index contributed by atoms with van der Waals surface area (Å²) in [5.41, 5.74) is 1.81. The van der Waals surface area contributed by atoms with Crippen LogP contribution in [-0.4, -0.2) is 55.5 Å². The van der Waals surface area contributed by atoms with Crippen molar-refractivity contribution < 1.29 is 16.8 Å². The van der Waals surface area contributed by atoms with Crippen LogP contribution in [0, 0.1) is 18.3 Å². The first-order chi connectivity index (χ1) is 12.0. The molecule has 140 valence electrons. The van der Waals surface area contributed by atoms with E-state index in [4.69, 9.17) is 5.26 Å². The van der Waals surface area contributed by atoms with Crippen molar-refractivity contribution in [3.63, 3.8) is 0 Å². The van der Waals surface area contributed by atoms with E-state index >= 15 is 0 Å². The Morgan fingerprint density at radius 3 is 2.19 bits per heavy atom. The molecule has 11 heteroatoms. The monoisotopic (exact) mass is 397 g/mol. The van der Waals surface area contributed by atoms with Crippen molar-refractivity contribution in [2.24, 2.45) is 0 Å². The molecule has 0 atom stereocenters. The van der Waals surface area contributed by atoms with E-state index in [2.05, 4.69) is 4.98 Å². The average Bonchev–Trinajstić information content (AvgIpc) is 3.02. The van der Waals surface area contributed by atoms with E-state index < -0.39 is 31.1 Å². The Balaban J connectivity index is 2.42. The number of nitrogens with zero attached hydrogens (tertiary/aromatic N) is 5. The van der Waals surface area contributed by atoms with E-state index in [1.165, 1.54) is 21.1 Å². The lowest BCUT2D eigenvalue weighted by atomic mass is 10.1. The fourth-order valence-electron chi connectivity index (χ4n) is 2.09. The number of hydrogen-bond acceptors (Lipinski definition) is 6. The van der Waals surface area contributed by atoms with Crippen LogP contribution in [0.15, 0.2) is 35.5 Å². The van der Waals surface area contributed by atoms with Crippen LogP contribution in [0.3, 0.4) is 0 Å². The van der Waals surface area contributed by atoms with Crippen molar-refractivity contribution in [3.05, 3.63) is 47.4 Å². The molecule has 0 fully saturated rings. The van der Waals surface area contributed by atoms with Crippen molar-refractivity contribution in [2.75, 3.05) is 21.1 Å². The number of rotatable bonds is 6. The van der Waals surface area contributed by atoms with E-state index in [0.29, 0.717) is 3.97 Å². The molecule has 0 saturated carbocycles. The van der Waals surface area contributed by atoms with Gasteiger partial charge in [0, 0.05) is 27.7 Å². The number of benzene rings is 1. The quantitative estimate of drug-likeness (QED) is 0.702. The standard InChI is InChI=1S/C15H19N5O4S2/c1-12-5-7-13(8-6-12)10-19(4)25(21,22)15-11-20(14(9-16)17-15)26(23,24)18(2)3/h5-8,11H,10H2,1-4H3. The Morgan fingerprint density at radius 1 is 1.12 bits per heavy atom. The Kier molecular flexibility index (Phi) is 5.52. The predicted octanol–water partition coefficient (Wildman–Crippen LogP) is 0.538. The number of hydrogen-bond donors (Lipinski definition) is 0. The first-order valence-corrected chi connectivity index (χ1v) is 10.3. The first kappa shape index (κ1) is 20.1. The summed E-state index contributed by atoms with van der Waals surface area (Å²) in [4.78, 5) is 3.69. The average molecular weight is 397 g/mol. The second-order valence-electron chi connectivity index (χ2n) is 5.85. The van der Waals surface area contributed by atoms with Gasteiger partial charge in [0.1, 0.15) is 6.07 Å². The van der Waals surface area contributed by atoms with Gasteiger partial charge in [0.05, 0.1) is 6.20 Å². The zero-order chi connectivity index (χ0) is 19.7. The van der Waals surface area contributed by atoms with Crippen LogP contribution in [0.4, 0.5) is 0 Å². The number of nitriles is 1. The maximum Gasteiger partial charge on any atom is 0.309 e. The highest BCUT2D eigenvalue weighted by molar-refractivity contribution is 7.89. The van der Waals surface area contributed by atoms with Gasteiger partial charge in [0.15, 0.2) is 5.03 Å². The Bertz CT molecular complexity index is 1050. The molecule has 0 N–H and O–H groups in total. The van der Waals surface area contributed by atoms with Gasteiger partial charge in [0.25, 0.3) is 10.0 Å². The van der Waals surface area contributed by atoms with Gasteiger partial charge < -0.3 is 0 Å². The van der Waals surface area contributed by atoms with E-state index in [1.54, 1.807) is 18.2 Å². The van der Waals surface area contributed by atoms with Crippen LogP contribution >= 0.6 is 0 Å². The molecule has 2 rings (SSSR count). The lowest BCUT2D eigenvalue weighted by Gasteiger charge is -2.15. The van der Waals surface area contributed by atoms with Crippen LogP contribution in [0.1, 0.15) is 17.0 Å². The highest BCUT2D eigenvalue weighted by atomic mass is 32.2. The predicted molar refractivity (Wildman–Crippen MR) is 94.8 cm³/mol. The Hall–Kier alpha value is -2.26. The third kappa shape index (κ3) is 3.78. The molecule has 0 aliphatic carbocycles. The van der Waals surface area contributed by atoms with Crippen molar-refractivity contribution in [1.82, 2.24) is 17.6 Å². The molecule has 0 amide bonds. The van der Waals surface area contributed by atoms with Crippen LogP contribution in [0.2, 0.25) is 0 Å². The molecule has 9 nitrogen and oxygen atoms in total. The van der Waals surface area contributed by atoms with Gasteiger partial charge >= 0.3 is 10.2 Å². The molecule has 2 aromatic rings. The van der Waals surface area contributed by atoms with Crippen molar-refractivity contribution in [3.8, 4) is 6.07 Å². The minimum atomic E-state index is -4.08. The van der Waals surface area contributed by atoms with Crippen LogP contribution in [0.25, 0.3) is 0 Å². The minimum absolute atomic E-state index is 0.0811. The van der Waals surface area contributed by atoms with Crippen molar-refractivity contribution in [1.29, 1.82) is 5.26 Å². The molecule has 0 bridgehead atoms. The molecule has 0 unspecified atom stereocenters. The smallest absolute Gasteiger partial charge is 0.205 e. The van der Waals surface area contributed by atoms with Gasteiger partial charge in [-0.2, -0.15) is 22.3 Å². The summed E-state index contributed by atoms with van der Waals surface area (Å²) >= 11 is 0. The van der Waals surface area contributed by atoms with Crippen molar-refractivity contribution in [2.45, 2.75) is 18.5 Å². The highest BCUT2D eigenvalue weighted by Crippen LogP contribution is 2.18. The molecule has 1 aromatic heterocycles. The van der Waals surface area contributed by atoms with Gasteiger partial charge in [-0.1, -0.05) is 29.8 Å². The van der Waals surface area contributed by atoms with Crippen LogP contribution < -0.4 is 0 Å². The van der Waals surface area contributed by atoms with Gasteiger partial charge in [-0.15, -0.1) is 0 Å². The maximum atomic E-state index is 12.7.